The second kappa shape index (κ2) is 6.64. The standard InChI is InChI=1S/C24H20N2O3S/c1-17-11-13-19(14-12-17)30(28,29)26-22-10-6-5-9-20(22)24(23(26)27)16-15-21(25-24)18-7-3-2-4-8-18/h2-14H,15-16H2,1H3. The molecule has 0 N–H and O–H groups in total. The van der Waals surface area contributed by atoms with Crippen LogP contribution < -0.4 is 4.31 Å². The number of benzene rings is 3. The van der Waals surface area contributed by atoms with Gasteiger partial charge in [0, 0.05) is 11.3 Å². The van der Waals surface area contributed by atoms with E-state index in [4.69, 9.17) is 4.99 Å². The van der Waals surface area contributed by atoms with Crippen molar-refractivity contribution in [1.82, 2.24) is 0 Å². The molecule has 1 spiro atoms. The van der Waals surface area contributed by atoms with Crippen molar-refractivity contribution in [3.8, 4) is 0 Å². The van der Waals surface area contributed by atoms with E-state index in [0.29, 0.717) is 24.1 Å². The van der Waals surface area contributed by atoms with E-state index in [-0.39, 0.29) is 4.90 Å². The molecule has 0 fully saturated rings. The Kier molecular flexibility index (Phi) is 4.15. The lowest BCUT2D eigenvalue weighted by molar-refractivity contribution is -0.121. The minimum Gasteiger partial charge on any atom is -0.270 e. The number of carbonyl (C=O) groups is 1. The SMILES string of the molecule is Cc1ccc(S(=O)(=O)N2C(=O)C3(CCC(c4ccccc4)=N3)c3ccccc32)cc1. The van der Waals surface area contributed by atoms with Crippen LogP contribution in [-0.4, -0.2) is 20.0 Å². The molecule has 3 aromatic rings. The number of carbonyl (C=O) groups excluding carboxylic acids is 1. The third-order valence-corrected chi connectivity index (χ3v) is 7.53. The van der Waals surface area contributed by atoms with E-state index in [1.165, 1.54) is 0 Å². The number of sulfonamides is 1. The summed E-state index contributed by atoms with van der Waals surface area (Å²) < 4.78 is 27.9. The fraction of sp³-hybridized carbons (Fsp3) is 0.167. The van der Waals surface area contributed by atoms with Gasteiger partial charge in [0.1, 0.15) is 0 Å². The van der Waals surface area contributed by atoms with E-state index < -0.39 is 21.5 Å². The van der Waals surface area contributed by atoms with Crippen molar-refractivity contribution in [2.45, 2.75) is 30.2 Å². The summed E-state index contributed by atoms with van der Waals surface area (Å²) in [6.45, 7) is 1.89. The molecule has 30 heavy (non-hydrogen) atoms. The van der Waals surface area contributed by atoms with Crippen LogP contribution in [0.4, 0.5) is 5.69 Å². The Hall–Kier alpha value is -3.25. The van der Waals surface area contributed by atoms with Crippen LogP contribution in [0.3, 0.4) is 0 Å². The number of rotatable bonds is 3. The number of aryl methyl sites for hydroxylation is 1. The third kappa shape index (κ3) is 2.64. The molecule has 2 aliphatic rings. The zero-order valence-electron chi connectivity index (χ0n) is 16.4. The number of fused-ring (bicyclic) bond motifs is 2. The summed E-state index contributed by atoms with van der Waals surface area (Å²) in [7, 11) is -4.05. The molecule has 0 saturated heterocycles. The molecule has 0 bridgehead atoms. The van der Waals surface area contributed by atoms with Crippen molar-refractivity contribution >= 4 is 27.3 Å². The average Bonchev–Trinajstić information content (AvgIpc) is 3.31. The van der Waals surface area contributed by atoms with E-state index in [0.717, 1.165) is 21.1 Å². The van der Waals surface area contributed by atoms with Crippen LogP contribution in [0.25, 0.3) is 0 Å². The van der Waals surface area contributed by atoms with Crippen LogP contribution >= 0.6 is 0 Å². The van der Waals surface area contributed by atoms with Gasteiger partial charge in [0.15, 0.2) is 5.54 Å². The monoisotopic (exact) mass is 416 g/mol. The Morgan fingerprint density at radius 2 is 1.57 bits per heavy atom. The lowest BCUT2D eigenvalue weighted by Gasteiger charge is -2.21. The third-order valence-electron chi connectivity index (χ3n) is 5.82. The van der Waals surface area contributed by atoms with Crippen LogP contribution in [0.15, 0.2) is 88.8 Å². The van der Waals surface area contributed by atoms with Crippen LogP contribution in [-0.2, 0) is 20.4 Å². The summed E-state index contributed by atoms with van der Waals surface area (Å²) in [6, 6.07) is 23.3. The molecule has 1 unspecified atom stereocenters. The minimum absolute atomic E-state index is 0.0959. The van der Waals surface area contributed by atoms with Gasteiger partial charge in [-0.15, -0.1) is 0 Å². The van der Waals surface area contributed by atoms with Gasteiger partial charge in [-0.2, -0.15) is 0 Å². The van der Waals surface area contributed by atoms with E-state index >= 15 is 0 Å². The molecule has 2 aliphatic heterocycles. The Bertz CT molecular complexity index is 1280. The summed E-state index contributed by atoms with van der Waals surface area (Å²) in [4.78, 5) is 18.6. The number of nitrogens with zero attached hydrogens (tertiary/aromatic N) is 2. The quantitative estimate of drug-likeness (QED) is 0.642. The van der Waals surface area contributed by atoms with Crippen molar-refractivity contribution in [1.29, 1.82) is 0 Å². The molecule has 5 nitrogen and oxygen atoms in total. The van der Waals surface area contributed by atoms with Crippen molar-refractivity contribution < 1.29 is 13.2 Å². The predicted molar refractivity (Wildman–Crippen MR) is 116 cm³/mol. The van der Waals surface area contributed by atoms with Crippen LogP contribution in [0.1, 0.15) is 29.5 Å². The van der Waals surface area contributed by atoms with E-state index in [2.05, 4.69) is 0 Å². The van der Waals surface area contributed by atoms with Gasteiger partial charge in [0.25, 0.3) is 15.9 Å². The lowest BCUT2D eigenvalue weighted by atomic mass is 9.89. The molecule has 6 heteroatoms. The van der Waals surface area contributed by atoms with Gasteiger partial charge in [0.2, 0.25) is 0 Å². The fourth-order valence-corrected chi connectivity index (χ4v) is 5.76. The second-order valence-electron chi connectivity index (χ2n) is 7.69. The second-order valence-corrected chi connectivity index (χ2v) is 9.48. The van der Waals surface area contributed by atoms with Gasteiger partial charge < -0.3 is 0 Å². The van der Waals surface area contributed by atoms with Crippen molar-refractivity contribution in [2.75, 3.05) is 4.31 Å². The molecule has 3 aromatic carbocycles. The van der Waals surface area contributed by atoms with Gasteiger partial charge in [-0.25, -0.2) is 12.7 Å². The molecule has 0 radical (unpaired) electrons. The molecule has 150 valence electrons. The first-order valence-electron chi connectivity index (χ1n) is 9.84. The number of hydrogen-bond donors (Lipinski definition) is 0. The first kappa shape index (κ1) is 18.8. The highest BCUT2D eigenvalue weighted by molar-refractivity contribution is 7.93. The largest absolute Gasteiger partial charge is 0.273 e. The fourth-order valence-electron chi connectivity index (χ4n) is 4.28. The summed E-state index contributed by atoms with van der Waals surface area (Å²) in [5.74, 6) is -0.504. The molecule has 5 rings (SSSR count). The predicted octanol–water partition coefficient (Wildman–Crippen LogP) is 4.21. The minimum atomic E-state index is -4.05. The summed E-state index contributed by atoms with van der Waals surface area (Å²) >= 11 is 0. The number of aliphatic imine (C=N–C) groups is 1. The summed E-state index contributed by atoms with van der Waals surface area (Å²) in [5, 5.41) is 0. The maximum Gasteiger partial charge on any atom is 0.273 e. The van der Waals surface area contributed by atoms with Gasteiger partial charge >= 0.3 is 0 Å². The molecular formula is C24H20N2O3S. The Balaban J connectivity index is 1.66. The van der Waals surface area contributed by atoms with Crippen molar-refractivity contribution in [3.63, 3.8) is 0 Å². The van der Waals surface area contributed by atoms with Crippen LogP contribution in [0, 0.1) is 6.92 Å². The van der Waals surface area contributed by atoms with Crippen LogP contribution in [0.5, 0.6) is 0 Å². The molecule has 2 heterocycles. The van der Waals surface area contributed by atoms with E-state index in [9.17, 15) is 13.2 Å². The molecule has 0 aromatic heterocycles. The smallest absolute Gasteiger partial charge is 0.270 e. The number of para-hydroxylation sites is 1. The van der Waals surface area contributed by atoms with Crippen molar-refractivity contribution in [2.24, 2.45) is 4.99 Å². The van der Waals surface area contributed by atoms with E-state index in [1.54, 1.807) is 36.4 Å². The Morgan fingerprint density at radius 1 is 0.900 bits per heavy atom. The number of anilines is 1. The van der Waals surface area contributed by atoms with Gasteiger partial charge in [-0.1, -0.05) is 66.2 Å². The molecule has 1 amide bonds. The molecule has 1 atom stereocenters. The highest BCUT2D eigenvalue weighted by atomic mass is 32.2. The van der Waals surface area contributed by atoms with Crippen LogP contribution in [0.2, 0.25) is 0 Å². The Morgan fingerprint density at radius 3 is 2.30 bits per heavy atom. The normalized spacial score (nSPS) is 20.5. The molecular weight excluding hydrogens is 396 g/mol. The average molecular weight is 417 g/mol. The van der Waals surface area contributed by atoms with Gasteiger partial charge in [-0.3, -0.25) is 9.79 Å². The lowest BCUT2D eigenvalue weighted by Crippen LogP contribution is -2.41. The van der Waals surface area contributed by atoms with E-state index in [1.807, 2.05) is 49.4 Å². The number of amides is 1. The highest BCUT2D eigenvalue weighted by Gasteiger charge is 2.56. The maximum absolute atomic E-state index is 13.7. The Labute approximate surface area is 175 Å². The summed E-state index contributed by atoms with van der Waals surface area (Å²) in [6.07, 6.45) is 1.06. The highest BCUT2D eigenvalue weighted by Crippen LogP contribution is 2.50. The molecule has 0 saturated carbocycles. The maximum atomic E-state index is 13.7. The zero-order valence-corrected chi connectivity index (χ0v) is 17.3. The van der Waals surface area contributed by atoms with Crippen molar-refractivity contribution in [3.05, 3.63) is 95.6 Å². The first-order chi connectivity index (χ1) is 14.4. The van der Waals surface area contributed by atoms with Gasteiger partial charge in [-0.05, 0) is 43.5 Å². The van der Waals surface area contributed by atoms with Gasteiger partial charge in [0.05, 0.1) is 10.6 Å². The topological polar surface area (TPSA) is 66.8 Å². The molecule has 0 aliphatic carbocycles. The first-order valence-corrected chi connectivity index (χ1v) is 11.3. The zero-order chi connectivity index (χ0) is 20.9. The summed E-state index contributed by atoms with van der Waals surface area (Å²) in [5.41, 5.74) is 2.58. The number of hydrogen-bond acceptors (Lipinski definition) is 4.